The quantitative estimate of drug-likeness (QED) is 0.393. The predicted molar refractivity (Wildman–Crippen MR) is 105 cm³/mol. The van der Waals surface area contributed by atoms with E-state index in [-0.39, 0.29) is 0 Å². The molecule has 2 N–H and O–H groups in total. The number of aromatic nitrogens is 2. The number of para-hydroxylation sites is 1. The molecule has 4 heteroatoms. The molecule has 0 saturated carbocycles. The zero-order valence-corrected chi connectivity index (χ0v) is 14.9. The second-order valence-corrected chi connectivity index (χ2v) is 6.78. The Morgan fingerprint density at radius 2 is 1.96 bits per heavy atom. The summed E-state index contributed by atoms with van der Waals surface area (Å²) in [5.41, 5.74) is 5.74. The summed E-state index contributed by atoms with van der Waals surface area (Å²) in [6.07, 6.45) is 3.07. The molecule has 2 aromatic carbocycles. The van der Waals surface area contributed by atoms with E-state index in [1.807, 2.05) is 6.07 Å². The zero-order chi connectivity index (χ0) is 17.2. The second-order valence-electron chi connectivity index (χ2n) is 6.42. The number of hydrogen-bond donors (Lipinski definition) is 2. The first-order valence-electron chi connectivity index (χ1n) is 8.52. The molecule has 0 aliphatic rings. The number of rotatable bonds is 5. The van der Waals surface area contributed by atoms with Crippen LogP contribution in [-0.2, 0) is 13.0 Å². The smallest absolute Gasteiger partial charge is 0.134 e. The maximum atomic E-state index is 6.34. The van der Waals surface area contributed by atoms with Crippen LogP contribution >= 0.6 is 11.6 Å². The third-order valence-electron chi connectivity index (χ3n) is 4.56. The highest BCUT2D eigenvalue weighted by Crippen LogP contribution is 2.22. The Kier molecular flexibility index (Phi) is 4.43. The lowest BCUT2D eigenvalue weighted by molar-refractivity contribution is 0.687. The molecule has 0 radical (unpaired) electrons. The Morgan fingerprint density at radius 3 is 2.88 bits per heavy atom. The van der Waals surface area contributed by atoms with E-state index in [9.17, 15) is 0 Å². The topological polar surface area (TPSA) is 40.7 Å². The van der Waals surface area contributed by atoms with E-state index < -0.39 is 0 Å². The number of nitrogens with one attached hydrogen (secondary N) is 2. The molecule has 0 atom stereocenters. The normalized spacial score (nSPS) is 11.4. The van der Waals surface area contributed by atoms with Crippen molar-refractivity contribution in [1.82, 2.24) is 15.3 Å². The van der Waals surface area contributed by atoms with Gasteiger partial charge < -0.3 is 10.3 Å². The minimum atomic E-state index is 0.580. The lowest BCUT2D eigenvalue weighted by atomic mass is 10.1. The minimum absolute atomic E-state index is 0.580. The Bertz CT molecular complexity index is 1040. The summed E-state index contributed by atoms with van der Waals surface area (Å²) < 4.78 is 0. The minimum Gasteiger partial charge on any atom is -0.361 e. The van der Waals surface area contributed by atoms with Gasteiger partial charge in [-0.15, -0.1) is 0 Å². The summed E-state index contributed by atoms with van der Waals surface area (Å²) in [4.78, 5) is 7.83. The fourth-order valence-electron chi connectivity index (χ4n) is 3.22. The van der Waals surface area contributed by atoms with Crippen molar-refractivity contribution in [2.45, 2.75) is 19.9 Å². The van der Waals surface area contributed by atoms with E-state index in [2.05, 4.69) is 70.9 Å². The monoisotopic (exact) mass is 349 g/mol. The molecule has 0 fully saturated rings. The molecule has 0 spiro atoms. The number of halogens is 1. The molecule has 126 valence electrons. The van der Waals surface area contributed by atoms with E-state index in [4.69, 9.17) is 11.6 Å². The van der Waals surface area contributed by atoms with Gasteiger partial charge in [-0.3, -0.25) is 0 Å². The molecule has 4 aromatic rings. The summed E-state index contributed by atoms with van der Waals surface area (Å²) in [6, 6.07) is 16.8. The van der Waals surface area contributed by atoms with Crippen molar-refractivity contribution in [3.05, 3.63) is 76.6 Å². The van der Waals surface area contributed by atoms with Gasteiger partial charge in [0, 0.05) is 34.6 Å². The fraction of sp³-hybridized carbons (Fsp3) is 0.190. The van der Waals surface area contributed by atoms with Crippen LogP contribution in [0.5, 0.6) is 0 Å². The summed E-state index contributed by atoms with van der Waals surface area (Å²) in [7, 11) is 0. The van der Waals surface area contributed by atoms with Gasteiger partial charge in [0.15, 0.2) is 0 Å². The van der Waals surface area contributed by atoms with E-state index in [1.165, 1.54) is 22.0 Å². The molecule has 2 aromatic heterocycles. The highest BCUT2D eigenvalue weighted by molar-refractivity contribution is 6.30. The Balaban J connectivity index is 1.43. The molecule has 0 amide bonds. The van der Waals surface area contributed by atoms with Gasteiger partial charge in [0.2, 0.25) is 0 Å². The highest BCUT2D eigenvalue weighted by Gasteiger charge is 2.06. The molecule has 4 rings (SSSR count). The van der Waals surface area contributed by atoms with Crippen molar-refractivity contribution in [3.8, 4) is 0 Å². The average Bonchev–Trinajstić information content (AvgIpc) is 3.02. The molecular weight excluding hydrogens is 330 g/mol. The van der Waals surface area contributed by atoms with Gasteiger partial charge in [0.05, 0.1) is 5.52 Å². The van der Waals surface area contributed by atoms with Gasteiger partial charge in [-0.05, 0) is 49.7 Å². The van der Waals surface area contributed by atoms with Crippen LogP contribution in [0, 0.1) is 6.92 Å². The standard InChI is InChI=1S/C21H20ClN3/c1-14-6-7-19-16(10-14)11-17(21(22)25-19)12-23-9-8-15-13-24-20-5-3-2-4-18(15)20/h2-7,10-11,13,23-24H,8-9,12H2,1H3. The van der Waals surface area contributed by atoms with Gasteiger partial charge in [-0.25, -0.2) is 4.98 Å². The molecule has 25 heavy (non-hydrogen) atoms. The molecule has 3 nitrogen and oxygen atoms in total. The molecule has 0 aliphatic heterocycles. The predicted octanol–water partition coefficient (Wildman–Crippen LogP) is 5.01. The van der Waals surface area contributed by atoms with Crippen LogP contribution in [0.1, 0.15) is 16.7 Å². The largest absolute Gasteiger partial charge is 0.361 e. The third kappa shape index (κ3) is 3.39. The van der Waals surface area contributed by atoms with E-state index in [0.29, 0.717) is 5.15 Å². The second kappa shape index (κ2) is 6.87. The van der Waals surface area contributed by atoms with Gasteiger partial charge in [0.1, 0.15) is 5.15 Å². The van der Waals surface area contributed by atoms with Crippen molar-refractivity contribution < 1.29 is 0 Å². The highest BCUT2D eigenvalue weighted by atomic mass is 35.5. The number of H-pyrrole nitrogens is 1. The summed E-state index contributed by atoms with van der Waals surface area (Å²) >= 11 is 6.34. The van der Waals surface area contributed by atoms with Crippen LogP contribution in [-0.4, -0.2) is 16.5 Å². The number of nitrogens with zero attached hydrogens (tertiary/aromatic N) is 1. The SMILES string of the molecule is Cc1ccc2nc(Cl)c(CNCCc3c[nH]c4ccccc34)cc2c1. The van der Waals surface area contributed by atoms with Crippen LogP contribution in [0.2, 0.25) is 5.15 Å². The molecule has 2 heterocycles. The molecule has 0 aliphatic carbocycles. The first-order valence-corrected chi connectivity index (χ1v) is 8.90. The van der Waals surface area contributed by atoms with Gasteiger partial charge in [-0.2, -0.15) is 0 Å². The summed E-state index contributed by atoms with van der Waals surface area (Å²) in [5, 5.41) is 6.50. The van der Waals surface area contributed by atoms with Crippen molar-refractivity contribution in [3.63, 3.8) is 0 Å². The van der Waals surface area contributed by atoms with E-state index >= 15 is 0 Å². The van der Waals surface area contributed by atoms with Crippen LogP contribution in [0.25, 0.3) is 21.8 Å². The van der Waals surface area contributed by atoms with Crippen molar-refractivity contribution in [2.24, 2.45) is 0 Å². The maximum absolute atomic E-state index is 6.34. The maximum Gasteiger partial charge on any atom is 0.134 e. The molecular formula is C21H20ClN3. The number of aryl methyl sites for hydroxylation is 1. The van der Waals surface area contributed by atoms with Crippen LogP contribution < -0.4 is 5.32 Å². The molecule has 0 bridgehead atoms. The van der Waals surface area contributed by atoms with Crippen molar-refractivity contribution >= 4 is 33.4 Å². The molecule has 0 unspecified atom stereocenters. The fourth-order valence-corrected chi connectivity index (χ4v) is 3.44. The first-order chi connectivity index (χ1) is 12.2. The summed E-state index contributed by atoms with van der Waals surface area (Å²) in [6.45, 7) is 3.70. The van der Waals surface area contributed by atoms with Crippen LogP contribution in [0.4, 0.5) is 0 Å². The van der Waals surface area contributed by atoms with Gasteiger partial charge in [0.25, 0.3) is 0 Å². The number of aromatic amines is 1. The molecule has 0 saturated heterocycles. The average molecular weight is 350 g/mol. The van der Waals surface area contributed by atoms with Crippen LogP contribution in [0.15, 0.2) is 54.7 Å². The third-order valence-corrected chi connectivity index (χ3v) is 4.89. The van der Waals surface area contributed by atoms with Gasteiger partial charge >= 0.3 is 0 Å². The lowest BCUT2D eigenvalue weighted by Crippen LogP contribution is -2.17. The number of benzene rings is 2. The van der Waals surface area contributed by atoms with E-state index in [1.54, 1.807) is 0 Å². The number of pyridine rings is 1. The Hall–Kier alpha value is -2.36. The number of fused-ring (bicyclic) bond motifs is 2. The van der Waals surface area contributed by atoms with Gasteiger partial charge in [-0.1, -0.05) is 41.4 Å². The first kappa shape index (κ1) is 16.1. The summed E-state index contributed by atoms with van der Waals surface area (Å²) in [5.74, 6) is 0. The Labute approximate surface area is 152 Å². The number of hydrogen-bond acceptors (Lipinski definition) is 2. The van der Waals surface area contributed by atoms with Crippen LogP contribution in [0.3, 0.4) is 0 Å². The van der Waals surface area contributed by atoms with E-state index in [0.717, 1.165) is 36.0 Å². The van der Waals surface area contributed by atoms with Crippen molar-refractivity contribution in [2.75, 3.05) is 6.54 Å². The van der Waals surface area contributed by atoms with Crippen molar-refractivity contribution in [1.29, 1.82) is 0 Å². The Morgan fingerprint density at radius 1 is 1.08 bits per heavy atom. The lowest BCUT2D eigenvalue weighted by Gasteiger charge is -2.08. The zero-order valence-electron chi connectivity index (χ0n) is 14.1.